The summed E-state index contributed by atoms with van der Waals surface area (Å²) in [5.41, 5.74) is 3.22. The molecule has 0 amide bonds. The number of hydrogen-bond donors (Lipinski definition) is 1. The van der Waals surface area contributed by atoms with Gasteiger partial charge in [0.2, 0.25) is 0 Å². The van der Waals surface area contributed by atoms with Gasteiger partial charge < -0.3 is 4.98 Å². The highest BCUT2D eigenvalue weighted by Crippen LogP contribution is 2.26. The van der Waals surface area contributed by atoms with Gasteiger partial charge in [0, 0.05) is 7.05 Å². The number of imidazole rings is 1. The molecular weight excluding hydrogens is 285 g/mol. The van der Waals surface area contributed by atoms with Gasteiger partial charge in [0.05, 0.1) is 16.2 Å². The first-order valence-corrected chi connectivity index (χ1v) is 6.59. The first-order chi connectivity index (χ1) is 9.08. The summed E-state index contributed by atoms with van der Waals surface area (Å²) in [5, 5.41) is 5.06. The van der Waals surface area contributed by atoms with E-state index in [0.29, 0.717) is 16.5 Å². The lowest BCUT2D eigenvalue weighted by Crippen LogP contribution is -1.95. The van der Waals surface area contributed by atoms with Gasteiger partial charge in [-0.1, -0.05) is 30.1 Å². The van der Waals surface area contributed by atoms with Crippen LogP contribution in [0.4, 0.5) is 0 Å². The van der Waals surface area contributed by atoms with E-state index in [0.717, 1.165) is 23.3 Å². The zero-order valence-electron chi connectivity index (χ0n) is 10.4. The van der Waals surface area contributed by atoms with Crippen LogP contribution >= 0.6 is 23.2 Å². The highest BCUT2D eigenvalue weighted by molar-refractivity contribution is 6.41. The molecule has 0 bridgehead atoms. The van der Waals surface area contributed by atoms with E-state index in [-0.39, 0.29) is 5.15 Å². The minimum Gasteiger partial charge on any atom is -0.335 e. The predicted octanol–water partition coefficient (Wildman–Crippen LogP) is 3.23. The normalized spacial score (nSPS) is 11.4. The van der Waals surface area contributed by atoms with Gasteiger partial charge in [0.1, 0.15) is 10.8 Å². The van der Waals surface area contributed by atoms with Crippen molar-refractivity contribution in [2.75, 3.05) is 0 Å². The van der Waals surface area contributed by atoms with Crippen molar-refractivity contribution in [3.63, 3.8) is 0 Å². The van der Waals surface area contributed by atoms with Gasteiger partial charge >= 0.3 is 0 Å². The van der Waals surface area contributed by atoms with Gasteiger partial charge in [-0.2, -0.15) is 5.10 Å². The van der Waals surface area contributed by atoms with E-state index >= 15 is 0 Å². The summed E-state index contributed by atoms with van der Waals surface area (Å²) in [6, 6.07) is 3.72. The summed E-state index contributed by atoms with van der Waals surface area (Å²) in [6.07, 6.45) is 0.879. The van der Waals surface area contributed by atoms with E-state index in [4.69, 9.17) is 23.2 Å². The number of halogens is 2. The lowest BCUT2D eigenvalue weighted by molar-refractivity contribution is 0.749. The predicted molar refractivity (Wildman–Crippen MR) is 75.5 cm³/mol. The van der Waals surface area contributed by atoms with Gasteiger partial charge in [-0.15, -0.1) is 0 Å². The minimum atomic E-state index is 0.256. The number of fused-ring (bicyclic) bond motifs is 1. The average molecular weight is 296 g/mol. The Bertz CT molecular complexity index is 720. The zero-order chi connectivity index (χ0) is 13.6. The van der Waals surface area contributed by atoms with E-state index in [9.17, 15) is 0 Å². The van der Waals surface area contributed by atoms with Gasteiger partial charge in [-0.3, -0.25) is 4.68 Å². The molecule has 1 N–H and O–H groups in total. The third-order valence-corrected chi connectivity index (χ3v) is 3.59. The fourth-order valence-electron chi connectivity index (χ4n) is 1.94. The molecule has 0 aliphatic carbocycles. The summed E-state index contributed by atoms with van der Waals surface area (Å²) in [6.45, 7) is 2.06. The highest BCUT2D eigenvalue weighted by atomic mass is 35.5. The Labute approximate surface area is 119 Å². The van der Waals surface area contributed by atoms with Crippen molar-refractivity contribution >= 4 is 34.4 Å². The summed E-state index contributed by atoms with van der Waals surface area (Å²) in [4.78, 5) is 11.7. The van der Waals surface area contributed by atoms with Crippen LogP contribution in [0.1, 0.15) is 12.6 Å². The molecule has 0 saturated heterocycles. The number of H-pyrrole nitrogens is 1. The second kappa shape index (κ2) is 4.51. The Balaban J connectivity index is 2.17. The first kappa shape index (κ1) is 12.4. The van der Waals surface area contributed by atoms with Gasteiger partial charge in [-0.05, 0) is 18.6 Å². The molecule has 3 rings (SSSR count). The van der Waals surface area contributed by atoms with Crippen LogP contribution in [-0.2, 0) is 13.5 Å². The smallest absolute Gasteiger partial charge is 0.179 e. The largest absolute Gasteiger partial charge is 0.335 e. The second-order valence-corrected chi connectivity index (χ2v) is 4.98. The zero-order valence-corrected chi connectivity index (χ0v) is 11.9. The van der Waals surface area contributed by atoms with Crippen LogP contribution in [0, 0.1) is 0 Å². The molecule has 19 heavy (non-hydrogen) atoms. The maximum atomic E-state index is 5.94. The van der Waals surface area contributed by atoms with Crippen molar-refractivity contribution in [1.82, 2.24) is 24.7 Å². The highest BCUT2D eigenvalue weighted by Gasteiger charge is 2.13. The van der Waals surface area contributed by atoms with E-state index < -0.39 is 0 Å². The molecule has 0 aliphatic heterocycles. The molecule has 0 fully saturated rings. The number of nitrogens with one attached hydrogen (secondary N) is 1. The lowest BCUT2D eigenvalue weighted by atomic mass is 10.3. The molecule has 0 radical (unpaired) electrons. The third-order valence-electron chi connectivity index (χ3n) is 2.92. The van der Waals surface area contributed by atoms with Crippen molar-refractivity contribution in [3.8, 4) is 11.5 Å². The van der Waals surface area contributed by atoms with Crippen LogP contribution in [0.15, 0.2) is 12.1 Å². The number of hydrogen-bond acceptors (Lipinski definition) is 3. The molecule has 0 spiro atoms. The van der Waals surface area contributed by atoms with Crippen LogP contribution in [0.25, 0.3) is 22.7 Å². The molecule has 98 valence electrons. The SMILES string of the molecule is CCc1cc(-c2nc3nc(Cl)c(Cl)cc3[nH]2)n(C)n1. The molecule has 3 heterocycles. The molecule has 7 heteroatoms. The van der Waals surface area contributed by atoms with E-state index in [1.165, 1.54) is 0 Å². The van der Waals surface area contributed by atoms with E-state index in [2.05, 4.69) is 27.0 Å². The Hall–Kier alpha value is -1.59. The van der Waals surface area contributed by atoms with Crippen molar-refractivity contribution in [2.45, 2.75) is 13.3 Å². The number of nitrogens with zero attached hydrogens (tertiary/aromatic N) is 4. The number of rotatable bonds is 2. The number of aromatic amines is 1. The van der Waals surface area contributed by atoms with Crippen LogP contribution in [0.3, 0.4) is 0 Å². The van der Waals surface area contributed by atoms with Crippen LogP contribution in [0.2, 0.25) is 10.2 Å². The van der Waals surface area contributed by atoms with Crippen molar-refractivity contribution in [3.05, 3.63) is 28.0 Å². The topological polar surface area (TPSA) is 59.4 Å². The Morgan fingerprint density at radius 1 is 1.26 bits per heavy atom. The summed E-state index contributed by atoms with van der Waals surface area (Å²) < 4.78 is 1.79. The molecule has 3 aromatic rings. The third kappa shape index (κ3) is 2.09. The fourth-order valence-corrected chi connectivity index (χ4v) is 2.22. The molecule has 0 aromatic carbocycles. The van der Waals surface area contributed by atoms with Crippen LogP contribution in [0.5, 0.6) is 0 Å². The summed E-state index contributed by atoms with van der Waals surface area (Å²) in [5.74, 6) is 0.704. The van der Waals surface area contributed by atoms with E-state index in [1.807, 2.05) is 13.1 Å². The quantitative estimate of drug-likeness (QED) is 0.739. The van der Waals surface area contributed by atoms with Crippen LogP contribution in [-0.4, -0.2) is 24.7 Å². The Kier molecular flexibility index (Phi) is 2.95. The molecule has 0 unspecified atom stereocenters. The maximum absolute atomic E-state index is 5.94. The first-order valence-electron chi connectivity index (χ1n) is 5.83. The van der Waals surface area contributed by atoms with Crippen molar-refractivity contribution < 1.29 is 0 Å². The molecule has 3 aromatic heterocycles. The number of aryl methyl sites for hydroxylation is 2. The summed E-state index contributed by atoms with van der Waals surface area (Å²) in [7, 11) is 1.88. The fraction of sp³-hybridized carbons (Fsp3) is 0.250. The minimum absolute atomic E-state index is 0.256. The van der Waals surface area contributed by atoms with Crippen molar-refractivity contribution in [2.24, 2.45) is 7.05 Å². The Morgan fingerprint density at radius 2 is 2.05 bits per heavy atom. The van der Waals surface area contributed by atoms with E-state index in [1.54, 1.807) is 10.7 Å². The monoisotopic (exact) mass is 295 g/mol. The molecule has 5 nitrogen and oxygen atoms in total. The standard InChI is InChI=1S/C12H11Cl2N5/c1-3-6-4-9(19(2)18-6)12-15-8-5-7(13)10(14)16-11(8)17-12/h4-5H,3H2,1-2H3,(H,15,16,17). The molecular formula is C12H11Cl2N5. The Morgan fingerprint density at radius 3 is 2.74 bits per heavy atom. The number of pyridine rings is 1. The summed E-state index contributed by atoms with van der Waals surface area (Å²) >= 11 is 11.8. The van der Waals surface area contributed by atoms with Gasteiger partial charge in [0.25, 0.3) is 0 Å². The second-order valence-electron chi connectivity index (χ2n) is 4.22. The number of aromatic nitrogens is 5. The molecule has 0 atom stereocenters. The molecule has 0 saturated carbocycles. The average Bonchev–Trinajstić information content (AvgIpc) is 2.93. The van der Waals surface area contributed by atoms with Gasteiger partial charge in [0.15, 0.2) is 11.5 Å². The maximum Gasteiger partial charge on any atom is 0.179 e. The lowest BCUT2D eigenvalue weighted by Gasteiger charge is -1.95. The van der Waals surface area contributed by atoms with Crippen LogP contribution < -0.4 is 0 Å². The van der Waals surface area contributed by atoms with Gasteiger partial charge in [-0.25, -0.2) is 9.97 Å². The van der Waals surface area contributed by atoms with Crippen molar-refractivity contribution in [1.29, 1.82) is 0 Å². The molecule has 0 aliphatic rings.